The number of amides is 1. The number of nitro benzene ring substituents is 1. The SMILES string of the molecule is Cc1ccc([N+](=O)[O-])cc1S(=O)(=O)Nc1c(C)cccc1C(=O)N1CCCC1. The van der Waals surface area contributed by atoms with Gasteiger partial charge in [-0.15, -0.1) is 0 Å². The van der Waals surface area contributed by atoms with E-state index in [0.717, 1.165) is 18.9 Å². The highest BCUT2D eigenvalue weighted by molar-refractivity contribution is 7.92. The zero-order valence-corrected chi connectivity index (χ0v) is 16.5. The molecular formula is C19H21N3O5S. The molecule has 1 fully saturated rings. The highest BCUT2D eigenvalue weighted by Crippen LogP contribution is 2.29. The van der Waals surface area contributed by atoms with Crippen LogP contribution in [0, 0.1) is 24.0 Å². The van der Waals surface area contributed by atoms with Crippen LogP contribution in [0.4, 0.5) is 11.4 Å². The van der Waals surface area contributed by atoms with Gasteiger partial charge in [-0.05, 0) is 43.9 Å². The van der Waals surface area contributed by atoms with E-state index in [9.17, 15) is 23.3 Å². The van der Waals surface area contributed by atoms with Crippen molar-refractivity contribution in [3.05, 3.63) is 63.2 Å². The van der Waals surface area contributed by atoms with Crippen molar-refractivity contribution in [2.24, 2.45) is 0 Å². The summed E-state index contributed by atoms with van der Waals surface area (Å²) in [4.78, 5) is 24.8. The number of non-ortho nitro benzene ring substituents is 1. The number of anilines is 1. The minimum absolute atomic E-state index is 0.190. The lowest BCUT2D eigenvalue weighted by Gasteiger charge is -2.20. The lowest BCUT2D eigenvalue weighted by atomic mass is 10.1. The van der Waals surface area contributed by atoms with Crippen molar-refractivity contribution in [2.45, 2.75) is 31.6 Å². The molecule has 1 amide bonds. The first kappa shape index (κ1) is 19.8. The summed E-state index contributed by atoms with van der Waals surface area (Å²) in [5.74, 6) is -0.227. The fourth-order valence-electron chi connectivity index (χ4n) is 3.25. The Kier molecular flexibility index (Phi) is 5.37. The summed E-state index contributed by atoms with van der Waals surface area (Å²) in [5, 5.41) is 11.0. The third-order valence-corrected chi connectivity index (χ3v) is 6.30. The van der Waals surface area contributed by atoms with Gasteiger partial charge in [-0.1, -0.05) is 18.2 Å². The van der Waals surface area contributed by atoms with Crippen molar-refractivity contribution in [1.29, 1.82) is 0 Å². The summed E-state index contributed by atoms with van der Waals surface area (Å²) in [6, 6.07) is 8.67. The molecule has 1 aliphatic heterocycles. The number of carbonyl (C=O) groups excluding carboxylic acids is 1. The van der Waals surface area contributed by atoms with Gasteiger partial charge >= 0.3 is 0 Å². The number of hydrogen-bond donors (Lipinski definition) is 1. The predicted molar refractivity (Wildman–Crippen MR) is 105 cm³/mol. The maximum Gasteiger partial charge on any atom is 0.270 e. The summed E-state index contributed by atoms with van der Waals surface area (Å²) in [5.41, 5.74) is 1.12. The summed E-state index contributed by atoms with van der Waals surface area (Å²) in [6.07, 6.45) is 1.84. The number of nitro groups is 1. The second-order valence-electron chi connectivity index (χ2n) is 6.81. The molecule has 0 aromatic heterocycles. The van der Waals surface area contributed by atoms with Gasteiger partial charge < -0.3 is 4.90 Å². The van der Waals surface area contributed by atoms with Gasteiger partial charge in [0.15, 0.2) is 0 Å². The van der Waals surface area contributed by atoms with E-state index in [2.05, 4.69) is 4.72 Å². The number of hydrogen-bond acceptors (Lipinski definition) is 5. The Hall–Kier alpha value is -2.94. The van der Waals surface area contributed by atoms with E-state index in [1.807, 2.05) is 0 Å². The van der Waals surface area contributed by atoms with E-state index < -0.39 is 14.9 Å². The number of rotatable bonds is 5. The Labute approximate surface area is 163 Å². The first-order chi connectivity index (χ1) is 13.2. The maximum absolute atomic E-state index is 13.0. The Bertz CT molecular complexity index is 1040. The molecule has 0 aliphatic carbocycles. The molecule has 28 heavy (non-hydrogen) atoms. The van der Waals surface area contributed by atoms with Crippen LogP contribution in [0.1, 0.15) is 34.3 Å². The number of nitrogens with one attached hydrogen (secondary N) is 1. The van der Waals surface area contributed by atoms with Crippen molar-refractivity contribution in [1.82, 2.24) is 4.90 Å². The van der Waals surface area contributed by atoms with Gasteiger partial charge in [-0.25, -0.2) is 8.42 Å². The number of sulfonamides is 1. The maximum atomic E-state index is 13.0. The van der Waals surface area contributed by atoms with Crippen LogP contribution in [0.15, 0.2) is 41.3 Å². The second-order valence-corrected chi connectivity index (χ2v) is 8.46. The van der Waals surface area contributed by atoms with Crippen molar-refractivity contribution in [3.8, 4) is 0 Å². The summed E-state index contributed by atoms with van der Waals surface area (Å²) in [7, 11) is -4.13. The van der Waals surface area contributed by atoms with Crippen LogP contribution in [0.2, 0.25) is 0 Å². The minimum atomic E-state index is -4.13. The smallest absolute Gasteiger partial charge is 0.270 e. The molecule has 8 nitrogen and oxygen atoms in total. The molecule has 148 valence electrons. The highest BCUT2D eigenvalue weighted by atomic mass is 32.2. The molecule has 1 heterocycles. The van der Waals surface area contributed by atoms with Crippen LogP contribution < -0.4 is 4.72 Å². The molecule has 1 aliphatic rings. The quantitative estimate of drug-likeness (QED) is 0.609. The van der Waals surface area contributed by atoms with Crippen LogP contribution in [0.25, 0.3) is 0 Å². The van der Waals surface area contributed by atoms with E-state index in [4.69, 9.17) is 0 Å². The van der Waals surface area contributed by atoms with Gasteiger partial charge in [0.05, 0.1) is 21.1 Å². The average molecular weight is 403 g/mol. The molecule has 1 saturated heterocycles. The number of aryl methyl sites for hydroxylation is 2. The van der Waals surface area contributed by atoms with Gasteiger partial charge in [0.1, 0.15) is 0 Å². The largest absolute Gasteiger partial charge is 0.339 e. The standard InChI is InChI=1S/C19H21N3O5S/c1-13-8-9-15(22(24)25)12-17(13)28(26,27)20-18-14(2)6-5-7-16(18)19(23)21-10-3-4-11-21/h5-9,12,20H,3-4,10-11H2,1-2H3. The molecule has 0 unspecified atom stereocenters. The summed E-state index contributed by atoms with van der Waals surface area (Å²) < 4.78 is 28.5. The molecule has 0 saturated carbocycles. The highest BCUT2D eigenvalue weighted by Gasteiger charge is 2.26. The van der Waals surface area contributed by atoms with E-state index in [0.29, 0.717) is 24.2 Å². The molecule has 2 aromatic carbocycles. The van der Waals surface area contributed by atoms with Gasteiger partial charge in [0.25, 0.3) is 21.6 Å². The lowest BCUT2D eigenvalue weighted by molar-refractivity contribution is -0.385. The molecule has 9 heteroatoms. The fourth-order valence-corrected chi connectivity index (χ4v) is 4.67. The summed E-state index contributed by atoms with van der Waals surface area (Å²) in [6.45, 7) is 4.55. The van der Waals surface area contributed by atoms with Crippen molar-refractivity contribution < 1.29 is 18.1 Å². The Morgan fingerprint density at radius 2 is 1.79 bits per heavy atom. The average Bonchev–Trinajstić information content (AvgIpc) is 3.17. The van der Waals surface area contributed by atoms with Crippen molar-refractivity contribution in [2.75, 3.05) is 17.8 Å². The minimum Gasteiger partial charge on any atom is -0.339 e. The molecule has 2 aromatic rings. The molecule has 0 atom stereocenters. The van der Waals surface area contributed by atoms with E-state index >= 15 is 0 Å². The number of para-hydroxylation sites is 1. The summed E-state index contributed by atoms with van der Waals surface area (Å²) >= 11 is 0. The number of nitrogens with zero attached hydrogens (tertiary/aromatic N) is 2. The van der Waals surface area contributed by atoms with Crippen molar-refractivity contribution in [3.63, 3.8) is 0 Å². The molecule has 0 radical (unpaired) electrons. The van der Waals surface area contributed by atoms with E-state index in [1.54, 1.807) is 36.9 Å². The number of carbonyl (C=O) groups is 1. The first-order valence-corrected chi connectivity index (χ1v) is 10.4. The second kappa shape index (κ2) is 7.59. The zero-order valence-electron chi connectivity index (χ0n) is 15.6. The number of likely N-dealkylation sites (tertiary alicyclic amines) is 1. The Morgan fingerprint density at radius 1 is 1.11 bits per heavy atom. The van der Waals surface area contributed by atoms with Gasteiger partial charge in [-0.2, -0.15) is 0 Å². The molecule has 3 rings (SSSR count). The van der Waals surface area contributed by atoms with E-state index in [-0.39, 0.29) is 27.7 Å². The Morgan fingerprint density at radius 3 is 2.43 bits per heavy atom. The predicted octanol–water partition coefficient (Wildman–Crippen LogP) is 3.25. The van der Waals surface area contributed by atoms with Crippen molar-refractivity contribution >= 4 is 27.3 Å². The molecule has 0 spiro atoms. The molecule has 1 N–H and O–H groups in total. The zero-order chi connectivity index (χ0) is 20.5. The van der Waals surface area contributed by atoms with Crippen LogP contribution >= 0.6 is 0 Å². The van der Waals surface area contributed by atoms with Crippen LogP contribution in [-0.2, 0) is 10.0 Å². The fraction of sp³-hybridized carbons (Fsp3) is 0.316. The normalized spacial score (nSPS) is 14.1. The van der Waals surface area contributed by atoms with Gasteiger partial charge in [0.2, 0.25) is 0 Å². The molecule has 0 bridgehead atoms. The molecular weight excluding hydrogens is 382 g/mol. The van der Waals surface area contributed by atoms with Crippen LogP contribution in [0.3, 0.4) is 0 Å². The Balaban J connectivity index is 2.03. The monoisotopic (exact) mass is 403 g/mol. The number of benzene rings is 2. The topological polar surface area (TPSA) is 110 Å². The van der Waals surface area contributed by atoms with Gasteiger partial charge in [-0.3, -0.25) is 19.6 Å². The van der Waals surface area contributed by atoms with E-state index in [1.165, 1.54) is 12.1 Å². The van der Waals surface area contributed by atoms with Gasteiger partial charge in [0, 0.05) is 25.2 Å². The third kappa shape index (κ3) is 3.84. The van der Waals surface area contributed by atoms with Crippen LogP contribution in [0.5, 0.6) is 0 Å². The first-order valence-electron chi connectivity index (χ1n) is 8.87. The van der Waals surface area contributed by atoms with Crippen LogP contribution in [-0.4, -0.2) is 37.2 Å². The third-order valence-electron chi connectivity index (χ3n) is 4.80. The lowest BCUT2D eigenvalue weighted by Crippen LogP contribution is -2.29.